The number of hydrogen-bond acceptors (Lipinski definition) is 5. The average Bonchev–Trinajstić information content (AvgIpc) is 2.84. The van der Waals surface area contributed by atoms with Crippen molar-refractivity contribution in [1.82, 2.24) is 14.8 Å². The SMILES string of the molecule is Cc1ccc(-n2c(N)c(C#N)c3[nH]nc(N)c3c2=O)cc1. The fourth-order valence-electron chi connectivity index (χ4n) is 2.28. The van der Waals surface area contributed by atoms with Crippen LogP contribution in [-0.2, 0) is 0 Å². The molecule has 0 aliphatic carbocycles. The van der Waals surface area contributed by atoms with Crippen molar-refractivity contribution in [3.63, 3.8) is 0 Å². The van der Waals surface area contributed by atoms with Crippen LogP contribution < -0.4 is 17.0 Å². The maximum atomic E-state index is 12.6. The molecule has 0 atom stereocenters. The molecule has 1 aromatic carbocycles. The molecule has 0 radical (unpaired) electrons. The summed E-state index contributed by atoms with van der Waals surface area (Å²) >= 11 is 0. The van der Waals surface area contributed by atoms with Gasteiger partial charge in [-0.3, -0.25) is 14.5 Å². The van der Waals surface area contributed by atoms with Crippen LogP contribution in [0.3, 0.4) is 0 Å². The highest BCUT2D eigenvalue weighted by Crippen LogP contribution is 2.24. The molecule has 0 unspecified atom stereocenters. The molecule has 3 aromatic rings. The van der Waals surface area contributed by atoms with E-state index >= 15 is 0 Å². The van der Waals surface area contributed by atoms with E-state index in [1.165, 1.54) is 4.57 Å². The zero-order valence-corrected chi connectivity index (χ0v) is 11.2. The monoisotopic (exact) mass is 280 g/mol. The molecule has 3 rings (SSSR count). The molecule has 0 fully saturated rings. The number of nitrogens with one attached hydrogen (secondary N) is 1. The van der Waals surface area contributed by atoms with Gasteiger partial charge in [0, 0.05) is 0 Å². The molecule has 104 valence electrons. The zero-order valence-electron chi connectivity index (χ0n) is 11.2. The molecule has 0 aliphatic rings. The average molecular weight is 280 g/mol. The molecule has 2 heterocycles. The van der Waals surface area contributed by atoms with Crippen LogP contribution in [-0.4, -0.2) is 14.8 Å². The summed E-state index contributed by atoms with van der Waals surface area (Å²) in [7, 11) is 0. The minimum Gasteiger partial charge on any atom is -0.384 e. The smallest absolute Gasteiger partial charge is 0.270 e. The van der Waals surface area contributed by atoms with Crippen LogP contribution in [0.5, 0.6) is 0 Å². The standard InChI is InChI=1S/C14H12N6O/c1-7-2-4-8(5-3-7)20-13(17)9(6-15)11-10(14(20)21)12(16)19-18-11/h2-5H,17H2,1H3,(H3,16,18,19). The van der Waals surface area contributed by atoms with Crippen LogP contribution in [0.2, 0.25) is 0 Å². The largest absolute Gasteiger partial charge is 0.384 e. The molecule has 5 N–H and O–H groups in total. The second kappa shape index (κ2) is 4.38. The highest BCUT2D eigenvalue weighted by molar-refractivity contribution is 5.94. The van der Waals surface area contributed by atoms with Crippen molar-refractivity contribution in [2.45, 2.75) is 6.92 Å². The van der Waals surface area contributed by atoms with Gasteiger partial charge in [-0.15, -0.1) is 0 Å². The summed E-state index contributed by atoms with van der Waals surface area (Å²) in [5.41, 5.74) is 13.3. The molecule has 0 saturated heterocycles. The predicted octanol–water partition coefficient (Wildman–Crippen LogP) is 1.06. The lowest BCUT2D eigenvalue weighted by Crippen LogP contribution is -2.23. The summed E-state index contributed by atoms with van der Waals surface area (Å²) in [4.78, 5) is 12.6. The summed E-state index contributed by atoms with van der Waals surface area (Å²) in [6, 6.07) is 9.22. The Balaban J connectivity index is 2.48. The molecule has 0 amide bonds. The molecule has 0 spiro atoms. The fraction of sp³-hybridized carbons (Fsp3) is 0.0714. The molecular weight excluding hydrogens is 268 g/mol. The Morgan fingerprint density at radius 3 is 2.57 bits per heavy atom. The molecule has 0 bridgehead atoms. The normalized spacial score (nSPS) is 10.7. The van der Waals surface area contributed by atoms with E-state index in [-0.39, 0.29) is 28.1 Å². The van der Waals surface area contributed by atoms with Crippen molar-refractivity contribution in [2.24, 2.45) is 0 Å². The first kappa shape index (κ1) is 12.7. The van der Waals surface area contributed by atoms with E-state index < -0.39 is 5.56 Å². The van der Waals surface area contributed by atoms with Crippen molar-refractivity contribution in [3.05, 3.63) is 45.7 Å². The van der Waals surface area contributed by atoms with Crippen molar-refractivity contribution in [1.29, 1.82) is 5.26 Å². The molecular formula is C14H12N6O. The number of anilines is 2. The van der Waals surface area contributed by atoms with Gasteiger partial charge in [-0.25, -0.2) is 0 Å². The Morgan fingerprint density at radius 1 is 1.29 bits per heavy atom. The third kappa shape index (κ3) is 1.74. The number of nitrogen functional groups attached to an aromatic ring is 2. The Hall–Kier alpha value is -3.27. The second-order valence-corrected chi connectivity index (χ2v) is 4.71. The first-order valence-electron chi connectivity index (χ1n) is 6.19. The third-order valence-corrected chi connectivity index (χ3v) is 3.36. The Labute approximate surface area is 119 Å². The van der Waals surface area contributed by atoms with Crippen LogP contribution in [0.15, 0.2) is 29.1 Å². The van der Waals surface area contributed by atoms with E-state index in [2.05, 4.69) is 10.2 Å². The number of fused-ring (bicyclic) bond motifs is 1. The second-order valence-electron chi connectivity index (χ2n) is 4.71. The Morgan fingerprint density at radius 2 is 1.95 bits per heavy atom. The fourth-order valence-corrected chi connectivity index (χ4v) is 2.28. The van der Waals surface area contributed by atoms with Gasteiger partial charge in [0.1, 0.15) is 22.8 Å². The van der Waals surface area contributed by atoms with Crippen molar-refractivity contribution in [3.8, 4) is 11.8 Å². The Bertz CT molecular complexity index is 943. The minimum atomic E-state index is -0.406. The highest BCUT2D eigenvalue weighted by atomic mass is 16.1. The lowest BCUT2D eigenvalue weighted by Gasteiger charge is -2.11. The highest BCUT2D eigenvalue weighted by Gasteiger charge is 2.19. The van der Waals surface area contributed by atoms with Gasteiger partial charge in [-0.05, 0) is 19.1 Å². The van der Waals surface area contributed by atoms with E-state index in [1.807, 2.05) is 25.1 Å². The van der Waals surface area contributed by atoms with Gasteiger partial charge in [-0.2, -0.15) is 10.4 Å². The van der Waals surface area contributed by atoms with E-state index in [0.29, 0.717) is 5.69 Å². The van der Waals surface area contributed by atoms with Gasteiger partial charge < -0.3 is 11.5 Å². The van der Waals surface area contributed by atoms with Gasteiger partial charge in [0.25, 0.3) is 5.56 Å². The first-order chi connectivity index (χ1) is 10.0. The van der Waals surface area contributed by atoms with Crippen LogP contribution in [0.25, 0.3) is 16.6 Å². The number of aromatic nitrogens is 3. The van der Waals surface area contributed by atoms with E-state index in [0.717, 1.165) is 5.56 Å². The third-order valence-electron chi connectivity index (χ3n) is 3.36. The number of hydrogen-bond donors (Lipinski definition) is 3. The van der Waals surface area contributed by atoms with Crippen LogP contribution >= 0.6 is 0 Å². The van der Waals surface area contributed by atoms with Gasteiger partial charge in [0.05, 0.1) is 11.2 Å². The molecule has 7 heteroatoms. The van der Waals surface area contributed by atoms with Crippen LogP contribution in [0.1, 0.15) is 11.1 Å². The summed E-state index contributed by atoms with van der Waals surface area (Å²) in [6.45, 7) is 1.94. The maximum Gasteiger partial charge on any atom is 0.270 e. The Kier molecular flexibility index (Phi) is 2.66. The number of H-pyrrole nitrogens is 1. The summed E-state index contributed by atoms with van der Waals surface area (Å²) in [6.07, 6.45) is 0. The summed E-state index contributed by atoms with van der Waals surface area (Å²) in [5, 5.41) is 15.8. The number of nitrogens with two attached hydrogens (primary N) is 2. The summed E-state index contributed by atoms with van der Waals surface area (Å²) < 4.78 is 1.27. The molecule has 0 saturated carbocycles. The van der Waals surface area contributed by atoms with E-state index in [4.69, 9.17) is 11.5 Å². The quantitative estimate of drug-likeness (QED) is 0.614. The number of benzene rings is 1. The zero-order chi connectivity index (χ0) is 15.1. The lowest BCUT2D eigenvalue weighted by molar-refractivity contribution is 1.02. The van der Waals surface area contributed by atoms with Gasteiger partial charge in [-0.1, -0.05) is 17.7 Å². The number of nitriles is 1. The van der Waals surface area contributed by atoms with Crippen molar-refractivity contribution in [2.75, 3.05) is 11.5 Å². The van der Waals surface area contributed by atoms with Gasteiger partial charge in [0.15, 0.2) is 5.82 Å². The number of rotatable bonds is 1. The van der Waals surface area contributed by atoms with Crippen molar-refractivity contribution >= 4 is 22.5 Å². The number of aryl methyl sites for hydroxylation is 1. The topological polar surface area (TPSA) is 127 Å². The first-order valence-corrected chi connectivity index (χ1v) is 6.19. The summed E-state index contributed by atoms with van der Waals surface area (Å²) in [5.74, 6) is 0.106. The lowest BCUT2D eigenvalue weighted by atomic mass is 10.1. The number of nitrogens with zero attached hydrogens (tertiary/aromatic N) is 3. The number of aromatic amines is 1. The van der Waals surface area contributed by atoms with E-state index in [9.17, 15) is 10.1 Å². The molecule has 0 aliphatic heterocycles. The number of pyridine rings is 1. The van der Waals surface area contributed by atoms with E-state index in [1.54, 1.807) is 12.1 Å². The van der Waals surface area contributed by atoms with Crippen molar-refractivity contribution < 1.29 is 0 Å². The van der Waals surface area contributed by atoms with Crippen LogP contribution in [0, 0.1) is 18.3 Å². The molecule has 21 heavy (non-hydrogen) atoms. The van der Waals surface area contributed by atoms with Crippen LogP contribution in [0.4, 0.5) is 11.6 Å². The van der Waals surface area contributed by atoms with Gasteiger partial charge in [0.2, 0.25) is 0 Å². The van der Waals surface area contributed by atoms with Gasteiger partial charge >= 0.3 is 0 Å². The maximum absolute atomic E-state index is 12.6. The minimum absolute atomic E-state index is 0.0485. The predicted molar refractivity (Wildman–Crippen MR) is 80.0 cm³/mol. The molecule has 7 nitrogen and oxygen atoms in total. The molecule has 2 aromatic heterocycles.